The van der Waals surface area contributed by atoms with E-state index < -0.39 is 28.5 Å². The maximum Gasteiger partial charge on any atom is 0.244 e. The molecule has 7 nitrogen and oxygen atoms in total. The van der Waals surface area contributed by atoms with Crippen LogP contribution in [0.15, 0.2) is 53.0 Å². The van der Waals surface area contributed by atoms with Gasteiger partial charge >= 0.3 is 0 Å². The summed E-state index contributed by atoms with van der Waals surface area (Å²) in [5, 5.41) is 2.97. The summed E-state index contributed by atoms with van der Waals surface area (Å²) in [6, 6.07) is 13.7. The molecular formula is C25H34BrN3O4S. The monoisotopic (exact) mass is 551 g/mol. The fourth-order valence-electron chi connectivity index (χ4n) is 3.58. The van der Waals surface area contributed by atoms with E-state index in [1.54, 1.807) is 24.3 Å². The van der Waals surface area contributed by atoms with Crippen molar-refractivity contribution in [2.75, 3.05) is 17.1 Å². The lowest BCUT2D eigenvalue weighted by atomic mass is 10.1. The third kappa shape index (κ3) is 7.30. The van der Waals surface area contributed by atoms with Gasteiger partial charge in [0.25, 0.3) is 0 Å². The Labute approximate surface area is 211 Å². The smallest absolute Gasteiger partial charge is 0.244 e. The van der Waals surface area contributed by atoms with Crippen LogP contribution in [0.4, 0.5) is 5.69 Å². The molecule has 186 valence electrons. The molecule has 2 amide bonds. The predicted molar refractivity (Wildman–Crippen MR) is 140 cm³/mol. The molecule has 0 bridgehead atoms. The van der Waals surface area contributed by atoms with Crippen LogP contribution in [0.25, 0.3) is 0 Å². The fourth-order valence-corrected chi connectivity index (χ4v) is 5.06. The molecule has 0 aliphatic heterocycles. The number of nitrogens with one attached hydrogen (secondary N) is 1. The maximum absolute atomic E-state index is 13.7. The Kier molecular flexibility index (Phi) is 10.1. The van der Waals surface area contributed by atoms with Crippen LogP contribution in [0, 0.1) is 6.92 Å². The minimum absolute atomic E-state index is 0.0373. The van der Waals surface area contributed by atoms with Crippen molar-refractivity contribution >= 4 is 43.5 Å². The number of sulfonamides is 1. The number of anilines is 1. The van der Waals surface area contributed by atoms with E-state index in [1.807, 2.05) is 52.0 Å². The van der Waals surface area contributed by atoms with Crippen molar-refractivity contribution < 1.29 is 18.0 Å². The molecule has 0 aromatic heterocycles. The Balaban J connectivity index is 2.47. The van der Waals surface area contributed by atoms with Gasteiger partial charge in [0.1, 0.15) is 12.6 Å². The molecule has 0 aliphatic rings. The first-order valence-corrected chi connectivity index (χ1v) is 14.0. The predicted octanol–water partition coefficient (Wildman–Crippen LogP) is 4.25. The average molecular weight is 553 g/mol. The van der Waals surface area contributed by atoms with Crippen LogP contribution in [0.1, 0.15) is 44.7 Å². The van der Waals surface area contributed by atoms with Crippen molar-refractivity contribution in [1.29, 1.82) is 0 Å². The zero-order chi connectivity index (χ0) is 25.5. The fraction of sp³-hybridized carbons (Fsp3) is 0.440. The first-order valence-electron chi connectivity index (χ1n) is 11.4. The van der Waals surface area contributed by atoms with E-state index >= 15 is 0 Å². The van der Waals surface area contributed by atoms with Gasteiger partial charge < -0.3 is 10.2 Å². The average Bonchev–Trinajstić information content (AvgIpc) is 2.78. The SMILES string of the molecule is CCC(C)NC(=O)C(CC)N(Cc1ccccc1C)C(=O)CN(c1ccccc1Br)S(C)(=O)=O. The lowest BCUT2D eigenvalue weighted by molar-refractivity contribution is -0.140. The van der Waals surface area contributed by atoms with Crippen LogP contribution in [-0.4, -0.2) is 50.0 Å². The Morgan fingerprint density at radius 3 is 2.21 bits per heavy atom. The lowest BCUT2D eigenvalue weighted by Gasteiger charge is -2.33. The van der Waals surface area contributed by atoms with Crippen LogP contribution >= 0.6 is 15.9 Å². The van der Waals surface area contributed by atoms with E-state index in [-0.39, 0.29) is 18.5 Å². The molecule has 0 fully saturated rings. The van der Waals surface area contributed by atoms with Crippen LogP contribution in [0.5, 0.6) is 0 Å². The summed E-state index contributed by atoms with van der Waals surface area (Å²) in [7, 11) is -3.77. The van der Waals surface area contributed by atoms with Crippen LogP contribution in [-0.2, 0) is 26.2 Å². The standard InChI is InChI=1S/C25H34BrN3O4S/c1-6-19(4)27-25(31)22(7-2)28(16-20-13-9-8-12-18(20)3)24(30)17-29(34(5,32)33)23-15-11-10-14-21(23)26/h8-15,19,22H,6-7,16-17H2,1-5H3,(H,27,31). The quantitative estimate of drug-likeness (QED) is 0.452. The molecule has 0 spiro atoms. The van der Waals surface area contributed by atoms with Crippen molar-refractivity contribution in [3.63, 3.8) is 0 Å². The Morgan fingerprint density at radius 2 is 1.65 bits per heavy atom. The molecule has 0 aliphatic carbocycles. The Bertz CT molecular complexity index is 1110. The van der Waals surface area contributed by atoms with Crippen molar-refractivity contribution in [1.82, 2.24) is 10.2 Å². The van der Waals surface area contributed by atoms with Crippen molar-refractivity contribution in [2.45, 2.75) is 59.2 Å². The second kappa shape index (κ2) is 12.4. The summed E-state index contributed by atoms with van der Waals surface area (Å²) in [6.45, 7) is 7.47. The number of hydrogen-bond donors (Lipinski definition) is 1. The molecule has 0 radical (unpaired) electrons. The summed E-state index contributed by atoms with van der Waals surface area (Å²) in [5.41, 5.74) is 2.26. The van der Waals surface area contributed by atoms with Gasteiger partial charge in [0.15, 0.2) is 0 Å². The number of halogens is 1. The van der Waals surface area contributed by atoms with E-state index in [4.69, 9.17) is 0 Å². The van der Waals surface area contributed by atoms with Gasteiger partial charge in [-0.25, -0.2) is 8.42 Å². The number of benzene rings is 2. The van der Waals surface area contributed by atoms with E-state index in [9.17, 15) is 18.0 Å². The van der Waals surface area contributed by atoms with E-state index in [0.29, 0.717) is 16.6 Å². The number of para-hydroxylation sites is 1. The molecular weight excluding hydrogens is 518 g/mol. The Morgan fingerprint density at radius 1 is 1.03 bits per heavy atom. The lowest BCUT2D eigenvalue weighted by Crippen LogP contribution is -2.53. The molecule has 0 saturated heterocycles. The van der Waals surface area contributed by atoms with Gasteiger partial charge in [-0.3, -0.25) is 13.9 Å². The zero-order valence-corrected chi connectivity index (χ0v) is 22.8. The molecule has 2 atom stereocenters. The number of rotatable bonds is 11. The summed E-state index contributed by atoms with van der Waals surface area (Å²) < 4.78 is 27.0. The number of carbonyl (C=O) groups is 2. The highest BCUT2D eigenvalue weighted by Crippen LogP contribution is 2.28. The largest absolute Gasteiger partial charge is 0.352 e. The number of amides is 2. The first kappa shape index (κ1) is 27.9. The molecule has 1 N–H and O–H groups in total. The second-order valence-electron chi connectivity index (χ2n) is 8.41. The van der Waals surface area contributed by atoms with Crippen molar-refractivity contribution in [3.05, 3.63) is 64.1 Å². The van der Waals surface area contributed by atoms with Crippen LogP contribution in [0.3, 0.4) is 0 Å². The van der Waals surface area contributed by atoms with Crippen molar-refractivity contribution in [3.8, 4) is 0 Å². The minimum atomic E-state index is -3.77. The Hall–Kier alpha value is -2.39. The third-order valence-electron chi connectivity index (χ3n) is 5.79. The molecule has 0 heterocycles. The molecule has 2 aromatic rings. The van der Waals surface area contributed by atoms with Gasteiger partial charge in [0.2, 0.25) is 21.8 Å². The third-order valence-corrected chi connectivity index (χ3v) is 7.59. The normalized spacial score (nSPS) is 13.1. The molecule has 9 heteroatoms. The molecule has 34 heavy (non-hydrogen) atoms. The van der Waals surface area contributed by atoms with Gasteiger partial charge in [-0.1, -0.05) is 50.2 Å². The topological polar surface area (TPSA) is 86.8 Å². The van der Waals surface area contributed by atoms with Gasteiger partial charge in [-0.15, -0.1) is 0 Å². The maximum atomic E-state index is 13.7. The molecule has 2 rings (SSSR count). The highest BCUT2D eigenvalue weighted by atomic mass is 79.9. The minimum Gasteiger partial charge on any atom is -0.352 e. The van der Waals surface area contributed by atoms with Crippen LogP contribution in [0.2, 0.25) is 0 Å². The second-order valence-corrected chi connectivity index (χ2v) is 11.2. The molecule has 2 unspecified atom stereocenters. The van der Waals surface area contributed by atoms with Crippen molar-refractivity contribution in [2.24, 2.45) is 0 Å². The molecule has 2 aromatic carbocycles. The zero-order valence-electron chi connectivity index (χ0n) is 20.4. The highest BCUT2D eigenvalue weighted by molar-refractivity contribution is 9.10. The van der Waals surface area contributed by atoms with E-state index in [0.717, 1.165) is 28.1 Å². The molecule has 0 saturated carbocycles. The van der Waals surface area contributed by atoms with E-state index in [2.05, 4.69) is 21.2 Å². The summed E-state index contributed by atoms with van der Waals surface area (Å²) >= 11 is 3.39. The first-order chi connectivity index (χ1) is 16.0. The summed E-state index contributed by atoms with van der Waals surface area (Å²) in [6.07, 6.45) is 2.23. The van der Waals surface area contributed by atoms with E-state index in [1.165, 1.54) is 4.90 Å². The summed E-state index contributed by atoms with van der Waals surface area (Å²) in [4.78, 5) is 28.3. The van der Waals surface area contributed by atoms with Crippen LogP contribution < -0.4 is 9.62 Å². The number of carbonyl (C=O) groups excluding carboxylic acids is 2. The number of nitrogens with zero attached hydrogens (tertiary/aromatic N) is 2. The summed E-state index contributed by atoms with van der Waals surface area (Å²) in [5.74, 6) is -0.693. The van der Waals surface area contributed by atoms with Gasteiger partial charge in [0.05, 0.1) is 11.9 Å². The number of aryl methyl sites for hydroxylation is 1. The highest BCUT2D eigenvalue weighted by Gasteiger charge is 2.32. The van der Waals surface area contributed by atoms with Gasteiger partial charge in [-0.2, -0.15) is 0 Å². The van der Waals surface area contributed by atoms with Gasteiger partial charge in [-0.05, 0) is 65.9 Å². The number of hydrogen-bond acceptors (Lipinski definition) is 4. The van der Waals surface area contributed by atoms with Gasteiger partial charge in [0, 0.05) is 17.1 Å².